The Labute approximate surface area is 135 Å². The van der Waals surface area contributed by atoms with Gasteiger partial charge in [-0.15, -0.1) is 0 Å². The lowest BCUT2D eigenvalue weighted by atomic mass is 10.1. The second kappa shape index (κ2) is 6.97. The molecule has 1 N–H and O–H groups in total. The molecule has 5 atom stereocenters. The van der Waals surface area contributed by atoms with Gasteiger partial charge in [0, 0.05) is 18.7 Å². The molecule has 126 valence electrons. The van der Waals surface area contributed by atoms with E-state index >= 15 is 0 Å². The number of carbonyl (C=O) groups is 1. The van der Waals surface area contributed by atoms with Crippen LogP contribution in [-0.4, -0.2) is 60.0 Å². The second-order valence-electron chi connectivity index (χ2n) is 5.78. The van der Waals surface area contributed by atoms with Crippen LogP contribution in [0.2, 0.25) is 0 Å². The standard InChI is InChI=1S/C17H23NO5/c1-3-18(4-2)16(20)15-14(22-15)13-12(19)10-21-17(23-13)11-8-6-5-7-9-11/h5-9,12-15,17,19H,3-4,10H2,1-2H3/t12-,13-,14+,15-,17-/m1/s1. The molecule has 0 spiro atoms. The van der Waals surface area contributed by atoms with Crippen molar-refractivity contribution in [2.45, 2.75) is 44.6 Å². The number of hydrogen-bond donors (Lipinski definition) is 1. The lowest BCUT2D eigenvalue weighted by Crippen LogP contribution is -2.45. The third kappa shape index (κ3) is 3.40. The van der Waals surface area contributed by atoms with Gasteiger partial charge in [-0.2, -0.15) is 0 Å². The second-order valence-corrected chi connectivity index (χ2v) is 5.78. The molecule has 1 aromatic rings. The molecule has 0 saturated carbocycles. The maximum Gasteiger partial charge on any atom is 0.254 e. The minimum absolute atomic E-state index is 0.0430. The molecule has 23 heavy (non-hydrogen) atoms. The highest BCUT2D eigenvalue weighted by Crippen LogP contribution is 2.36. The fraction of sp³-hybridized carbons (Fsp3) is 0.588. The highest BCUT2D eigenvalue weighted by molar-refractivity contribution is 5.84. The number of benzene rings is 1. The molecule has 3 rings (SSSR count). The Morgan fingerprint density at radius 3 is 2.52 bits per heavy atom. The quantitative estimate of drug-likeness (QED) is 0.822. The van der Waals surface area contributed by atoms with Crippen LogP contribution in [-0.2, 0) is 19.0 Å². The highest BCUT2D eigenvalue weighted by Gasteiger charge is 2.55. The number of carbonyl (C=O) groups excluding carboxylic acids is 1. The van der Waals surface area contributed by atoms with Crippen molar-refractivity contribution in [3.05, 3.63) is 35.9 Å². The molecule has 0 radical (unpaired) electrons. The van der Waals surface area contributed by atoms with E-state index in [0.717, 1.165) is 5.56 Å². The zero-order valence-corrected chi connectivity index (χ0v) is 13.4. The van der Waals surface area contributed by atoms with Crippen LogP contribution in [0.5, 0.6) is 0 Å². The normalized spacial score (nSPS) is 33.3. The van der Waals surface area contributed by atoms with Gasteiger partial charge in [-0.1, -0.05) is 30.3 Å². The van der Waals surface area contributed by atoms with Crippen molar-refractivity contribution in [3.8, 4) is 0 Å². The summed E-state index contributed by atoms with van der Waals surface area (Å²) in [7, 11) is 0. The number of aliphatic hydroxyl groups excluding tert-OH is 1. The fourth-order valence-corrected chi connectivity index (χ4v) is 2.92. The molecule has 0 unspecified atom stereocenters. The number of nitrogens with zero attached hydrogens (tertiary/aromatic N) is 1. The van der Waals surface area contributed by atoms with Crippen LogP contribution in [0.1, 0.15) is 25.7 Å². The van der Waals surface area contributed by atoms with E-state index < -0.39 is 30.7 Å². The summed E-state index contributed by atoms with van der Waals surface area (Å²) in [6, 6.07) is 9.55. The Morgan fingerprint density at radius 2 is 1.87 bits per heavy atom. The summed E-state index contributed by atoms with van der Waals surface area (Å²) in [5, 5.41) is 10.1. The number of rotatable bonds is 5. The zero-order chi connectivity index (χ0) is 16.4. The molecule has 1 aromatic carbocycles. The summed E-state index contributed by atoms with van der Waals surface area (Å²) in [6.45, 7) is 5.32. The molecule has 0 bridgehead atoms. The van der Waals surface area contributed by atoms with Crippen LogP contribution in [0.15, 0.2) is 30.3 Å². The van der Waals surface area contributed by atoms with E-state index in [2.05, 4.69) is 0 Å². The van der Waals surface area contributed by atoms with Crippen LogP contribution in [0.25, 0.3) is 0 Å². The smallest absolute Gasteiger partial charge is 0.254 e. The molecule has 6 heteroatoms. The monoisotopic (exact) mass is 321 g/mol. The van der Waals surface area contributed by atoms with Gasteiger partial charge in [-0.25, -0.2) is 0 Å². The molecule has 6 nitrogen and oxygen atoms in total. The fourth-order valence-electron chi connectivity index (χ4n) is 2.92. The van der Waals surface area contributed by atoms with Crippen molar-refractivity contribution >= 4 is 5.91 Å². The average molecular weight is 321 g/mol. The highest BCUT2D eigenvalue weighted by atomic mass is 16.7. The molecule has 2 heterocycles. The first-order valence-electron chi connectivity index (χ1n) is 8.10. The first-order chi connectivity index (χ1) is 11.2. The van der Waals surface area contributed by atoms with Gasteiger partial charge in [0.2, 0.25) is 0 Å². The molecule has 2 aliphatic heterocycles. The molecule has 2 aliphatic rings. The van der Waals surface area contributed by atoms with Crippen molar-refractivity contribution in [1.29, 1.82) is 0 Å². The predicted octanol–water partition coefficient (Wildman–Crippen LogP) is 1.10. The molecule has 1 amide bonds. The van der Waals surface area contributed by atoms with Gasteiger partial charge in [-0.3, -0.25) is 4.79 Å². The van der Waals surface area contributed by atoms with E-state index in [1.807, 2.05) is 44.2 Å². The van der Waals surface area contributed by atoms with Crippen LogP contribution < -0.4 is 0 Å². The molecule has 0 aromatic heterocycles. The number of likely N-dealkylation sites (N-methyl/N-ethyl adjacent to an activating group) is 1. The van der Waals surface area contributed by atoms with E-state index in [0.29, 0.717) is 13.1 Å². The third-order valence-electron chi connectivity index (χ3n) is 4.32. The van der Waals surface area contributed by atoms with E-state index in [9.17, 15) is 9.90 Å². The van der Waals surface area contributed by atoms with Crippen molar-refractivity contribution < 1.29 is 24.1 Å². The number of hydrogen-bond acceptors (Lipinski definition) is 5. The van der Waals surface area contributed by atoms with Gasteiger partial charge >= 0.3 is 0 Å². The average Bonchev–Trinajstić information content (AvgIpc) is 3.37. The van der Waals surface area contributed by atoms with Gasteiger partial charge in [0.1, 0.15) is 18.3 Å². The van der Waals surface area contributed by atoms with Gasteiger partial charge in [0.15, 0.2) is 12.4 Å². The van der Waals surface area contributed by atoms with E-state index in [-0.39, 0.29) is 12.5 Å². The van der Waals surface area contributed by atoms with Gasteiger partial charge in [-0.05, 0) is 13.8 Å². The first kappa shape index (κ1) is 16.4. The van der Waals surface area contributed by atoms with Crippen LogP contribution >= 0.6 is 0 Å². The Bertz CT molecular complexity index is 533. The summed E-state index contributed by atoms with van der Waals surface area (Å²) < 4.78 is 16.9. The Kier molecular flexibility index (Phi) is 4.96. The molecule has 0 aliphatic carbocycles. The maximum absolute atomic E-state index is 12.3. The third-order valence-corrected chi connectivity index (χ3v) is 4.32. The molecular formula is C17H23NO5. The van der Waals surface area contributed by atoms with Crippen LogP contribution in [0.4, 0.5) is 0 Å². The summed E-state index contributed by atoms with van der Waals surface area (Å²) in [6.07, 6.45) is -2.83. The lowest BCUT2D eigenvalue weighted by Gasteiger charge is -2.33. The van der Waals surface area contributed by atoms with E-state index in [4.69, 9.17) is 14.2 Å². The van der Waals surface area contributed by atoms with Crippen molar-refractivity contribution in [2.24, 2.45) is 0 Å². The van der Waals surface area contributed by atoms with Gasteiger partial charge in [0.05, 0.1) is 6.61 Å². The van der Waals surface area contributed by atoms with E-state index in [1.54, 1.807) is 4.90 Å². The zero-order valence-electron chi connectivity index (χ0n) is 13.4. The number of amides is 1. The van der Waals surface area contributed by atoms with Crippen LogP contribution in [0, 0.1) is 0 Å². The van der Waals surface area contributed by atoms with Crippen molar-refractivity contribution in [1.82, 2.24) is 4.90 Å². The van der Waals surface area contributed by atoms with Gasteiger partial charge in [0.25, 0.3) is 5.91 Å². The maximum atomic E-state index is 12.3. The van der Waals surface area contributed by atoms with Gasteiger partial charge < -0.3 is 24.2 Å². The van der Waals surface area contributed by atoms with Crippen LogP contribution in [0.3, 0.4) is 0 Å². The lowest BCUT2D eigenvalue weighted by molar-refractivity contribution is -0.260. The number of ether oxygens (including phenoxy) is 3. The SMILES string of the molecule is CCN(CC)C(=O)[C@@H]1O[C@H]1[C@@H]1O[C@H](c2ccccc2)OC[C@H]1O. The largest absolute Gasteiger partial charge is 0.388 e. The first-order valence-corrected chi connectivity index (χ1v) is 8.10. The molecule has 2 fully saturated rings. The summed E-state index contributed by atoms with van der Waals surface area (Å²) in [5.41, 5.74) is 0.886. The summed E-state index contributed by atoms with van der Waals surface area (Å²) in [4.78, 5) is 14.0. The van der Waals surface area contributed by atoms with Crippen molar-refractivity contribution in [3.63, 3.8) is 0 Å². The number of epoxide rings is 1. The predicted molar refractivity (Wildman–Crippen MR) is 82.6 cm³/mol. The summed E-state index contributed by atoms with van der Waals surface area (Å²) in [5.74, 6) is -0.0430. The van der Waals surface area contributed by atoms with Crippen molar-refractivity contribution in [2.75, 3.05) is 19.7 Å². The Morgan fingerprint density at radius 1 is 1.17 bits per heavy atom. The Hall–Kier alpha value is -1.47. The minimum atomic E-state index is -0.797. The molecular weight excluding hydrogens is 298 g/mol. The summed E-state index contributed by atoms with van der Waals surface area (Å²) >= 11 is 0. The topological polar surface area (TPSA) is 71.5 Å². The van der Waals surface area contributed by atoms with E-state index in [1.165, 1.54) is 0 Å². The molecule has 2 saturated heterocycles. The number of aliphatic hydroxyl groups is 1. The minimum Gasteiger partial charge on any atom is -0.388 e. The Balaban J connectivity index is 1.64.